The van der Waals surface area contributed by atoms with Crippen LogP contribution in [0.5, 0.6) is 0 Å². The molecule has 0 aliphatic heterocycles. The quantitative estimate of drug-likeness (QED) is 0.783. The van der Waals surface area contributed by atoms with E-state index in [1.165, 1.54) is 6.42 Å². The Kier molecular flexibility index (Phi) is 5.53. The van der Waals surface area contributed by atoms with Crippen LogP contribution < -0.4 is 0 Å². The van der Waals surface area contributed by atoms with Crippen molar-refractivity contribution in [3.8, 4) is 0 Å². The van der Waals surface area contributed by atoms with Gasteiger partial charge in [-0.1, -0.05) is 13.8 Å². The first-order valence-corrected chi connectivity index (χ1v) is 8.26. The number of pyridine rings is 1. The number of rotatable bonds is 7. The number of imidazole rings is 1. The molecule has 0 spiro atoms. The molecule has 1 atom stereocenters. The van der Waals surface area contributed by atoms with Gasteiger partial charge in [0.1, 0.15) is 0 Å². The zero-order chi connectivity index (χ0) is 15.4. The van der Waals surface area contributed by atoms with Crippen molar-refractivity contribution >= 4 is 23.4 Å². The van der Waals surface area contributed by atoms with E-state index in [-0.39, 0.29) is 0 Å². The van der Waals surface area contributed by atoms with Crippen LogP contribution >= 0.6 is 12.2 Å². The van der Waals surface area contributed by atoms with Crippen LogP contribution in [0.3, 0.4) is 0 Å². The molecular formula is C16H26N4S. The van der Waals surface area contributed by atoms with Gasteiger partial charge in [-0.25, -0.2) is 4.98 Å². The number of aromatic nitrogens is 3. The molecule has 5 heteroatoms. The SMILES string of the molecule is CCN(CC)CCCC(C)n1c(=S)[nH]c2cc(C)cnc21. The molecule has 0 bridgehead atoms. The summed E-state index contributed by atoms with van der Waals surface area (Å²) in [5.41, 5.74) is 3.16. The molecule has 0 saturated carbocycles. The largest absolute Gasteiger partial charge is 0.329 e. The Balaban J connectivity index is 2.11. The van der Waals surface area contributed by atoms with Gasteiger partial charge in [0, 0.05) is 12.2 Å². The molecule has 2 rings (SSSR count). The van der Waals surface area contributed by atoms with E-state index in [9.17, 15) is 0 Å². The predicted molar refractivity (Wildman–Crippen MR) is 91.4 cm³/mol. The molecule has 2 aromatic heterocycles. The molecule has 2 aromatic rings. The third kappa shape index (κ3) is 3.71. The van der Waals surface area contributed by atoms with E-state index in [1.54, 1.807) is 0 Å². The van der Waals surface area contributed by atoms with Crippen molar-refractivity contribution in [1.82, 2.24) is 19.4 Å². The molecule has 4 nitrogen and oxygen atoms in total. The summed E-state index contributed by atoms with van der Waals surface area (Å²) in [4.78, 5) is 10.3. The fourth-order valence-corrected chi connectivity index (χ4v) is 3.18. The number of nitrogens with one attached hydrogen (secondary N) is 1. The van der Waals surface area contributed by atoms with E-state index in [4.69, 9.17) is 12.2 Å². The number of hydrogen-bond donors (Lipinski definition) is 1. The molecule has 0 amide bonds. The van der Waals surface area contributed by atoms with Gasteiger partial charge in [0.05, 0.1) is 5.52 Å². The molecule has 1 unspecified atom stereocenters. The minimum Gasteiger partial charge on any atom is -0.329 e. The average molecular weight is 306 g/mol. The van der Waals surface area contributed by atoms with E-state index >= 15 is 0 Å². The lowest BCUT2D eigenvalue weighted by atomic mass is 10.1. The lowest BCUT2D eigenvalue weighted by Gasteiger charge is -2.20. The summed E-state index contributed by atoms with van der Waals surface area (Å²) in [6, 6.07) is 2.48. The highest BCUT2D eigenvalue weighted by Gasteiger charge is 2.12. The van der Waals surface area contributed by atoms with Gasteiger partial charge in [-0.3, -0.25) is 4.57 Å². The van der Waals surface area contributed by atoms with Crippen molar-refractivity contribution in [2.75, 3.05) is 19.6 Å². The summed E-state index contributed by atoms with van der Waals surface area (Å²) in [5, 5.41) is 0. The number of hydrogen-bond acceptors (Lipinski definition) is 3. The topological polar surface area (TPSA) is 36.9 Å². The lowest BCUT2D eigenvalue weighted by molar-refractivity contribution is 0.288. The van der Waals surface area contributed by atoms with Crippen LogP contribution in [0.15, 0.2) is 12.3 Å². The van der Waals surface area contributed by atoms with E-state index in [0.29, 0.717) is 6.04 Å². The summed E-state index contributed by atoms with van der Waals surface area (Å²) in [5.74, 6) is 0. The molecule has 0 saturated heterocycles. The summed E-state index contributed by atoms with van der Waals surface area (Å²) in [6.45, 7) is 12.1. The Bertz CT molecular complexity index is 639. The Labute approximate surface area is 132 Å². The molecule has 21 heavy (non-hydrogen) atoms. The van der Waals surface area contributed by atoms with Crippen LogP contribution in [0, 0.1) is 11.7 Å². The van der Waals surface area contributed by atoms with Gasteiger partial charge in [0.25, 0.3) is 0 Å². The first-order chi connectivity index (χ1) is 10.1. The zero-order valence-corrected chi connectivity index (χ0v) is 14.3. The normalized spacial score (nSPS) is 13.2. The molecular weight excluding hydrogens is 280 g/mol. The predicted octanol–water partition coefficient (Wildman–Crippen LogP) is 4.09. The zero-order valence-electron chi connectivity index (χ0n) is 13.5. The smallest absolute Gasteiger partial charge is 0.179 e. The molecule has 2 heterocycles. The van der Waals surface area contributed by atoms with E-state index in [1.807, 2.05) is 13.1 Å². The number of aryl methyl sites for hydroxylation is 1. The maximum atomic E-state index is 5.48. The lowest BCUT2D eigenvalue weighted by Crippen LogP contribution is -2.24. The second-order valence-corrected chi connectivity index (χ2v) is 6.09. The van der Waals surface area contributed by atoms with Gasteiger partial charge in [-0.2, -0.15) is 0 Å². The van der Waals surface area contributed by atoms with Gasteiger partial charge < -0.3 is 9.88 Å². The van der Waals surface area contributed by atoms with Crippen molar-refractivity contribution in [3.63, 3.8) is 0 Å². The molecule has 1 N–H and O–H groups in total. The van der Waals surface area contributed by atoms with Crippen LogP contribution in [0.2, 0.25) is 0 Å². The molecule has 0 aliphatic rings. The minimum absolute atomic E-state index is 0.372. The van der Waals surface area contributed by atoms with Gasteiger partial charge >= 0.3 is 0 Å². The summed E-state index contributed by atoms with van der Waals surface area (Å²) in [6.07, 6.45) is 4.21. The summed E-state index contributed by atoms with van der Waals surface area (Å²) in [7, 11) is 0. The summed E-state index contributed by atoms with van der Waals surface area (Å²) >= 11 is 5.48. The molecule has 116 valence electrons. The Hall–Kier alpha value is -1.20. The summed E-state index contributed by atoms with van der Waals surface area (Å²) < 4.78 is 2.94. The molecule has 0 aliphatic carbocycles. The molecule has 0 radical (unpaired) electrons. The van der Waals surface area contributed by atoms with Crippen LogP contribution in [-0.2, 0) is 0 Å². The number of H-pyrrole nitrogens is 1. The fraction of sp³-hybridized carbons (Fsp3) is 0.625. The van der Waals surface area contributed by atoms with E-state index in [2.05, 4.69) is 46.3 Å². The maximum Gasteiger partial charge on any atom is 0.179 e. The Morgan fingerprint density at radius 1 is 1.38 bits per heavy atom. The average Bonchev–Trinajstić information content (AvgIpc) is 2.78. The van der Waals surface area contributed by atoms with Gasteiger partial charge in [0.2, 0.25) is 0 Å². The fourth-order valence-electron chi connectivity index (χ4n) is 2.81. The third-order valence-electron chi connectivity index (χ3n) is 4.12. The first kappa shape index (κ1) is 16.2. The van der Waals surface area contributed by atoms with Crippen molar-refractivity contribution in [3.05, 3.63) is 22.6 Å². The minimum atomic E-state index is 0.372. The van der Waals surface area contributed by atoms with Crippen LogP contribution in [-0.4, -0.2) is 39.1 Å². The maximum absolute atomic E-state index is 5.48. The highest BCUT2D eigenvalue weighted by Crippen LogP contribution is 2.21. The molecule has 0 aromatic carbocycles. The van der Waals surface area contributed by atoms with Crippen molar-refractivity contribution in [2.45, 2.75) is 46.6 Å². The van der Waals surface area contributed by atoms with Crippen LogP contribution in [0.4, 0.5) is 0 Å². The van der Waals surface area contributed by atoms with Crippen molar-refractivity contribution < 1.29 is 0 Å². The highest BCUT2D eigenvalue weighted by molar-refractivity contribution is 7.71. The second-order valence-electron chi connectivity index (χ2n) is 5.70. The number of fused-ring (bicyclic) bond motifs is 1. The second kappa shape index (κ2) is 7.18. The van der Waals surface area contributed by atoms with Gasteiger partial charge in [0.15, 0.2) is 10.4 Å². The number of aromatic amines is 1. The van der Waals surface area contributed by atoms with Crippen molar-refractivity contribution in [1.29, 1.82) is 0 Å². The molecule has 0 fully saturated rings. The monoisotopic (exact) mass is 306 g/mol. The number of nitrogens with zero attached hydrogens (tertiary/aromatic N) is 3. The van der Waals surface area contributed by atoms with Gasteiger partial charge in [-0.15, -0.1) is 0 Å². The standard InChI is InChI=1S/C16H26N4S/c1-5-19(6-2)9-7-8-13(4)20-15-14(18-16(20)21)10-12(3)11-17-15/h10-11,13H,5-9H2,1-4H3,(H,18,21). The van der Waals surface area contributed by atoms with Crippen LogP contribution in [0.25, 0.3) is 11.2 Å². The Morgan fingerprint density at radius 2 is 2.10 bits per heavy atom. The van der Waals surface area contributed by atoms with Crippen LogP contribution in [0.1, 0.15) is 45.2 Å². The van der Waals surface area contributed by atoms with Crippen molar-refractivity contribution in [2.24, 2.45) is 0 Å². The van der Waals surface area contributed by atoms with E-state index in [0.717, 1.165) is 47.6 Å². The first-order valence-electron chi connectivity index (χ1n) is 7.86. The van der Waals surface area contributed by atoms with E-state index < -0.39 is 0 Å². The van der Waals surface area contributed by atoms with Gasteiger partial charge in [-0.05, 0) is 70.2 Å². The highest BCUT2D eigenvalue weighted by atomic mass is 32.1. The third-order valence-corrected chi connectivity index (χ3v) is 4.42. The Morgan fingerprint density at radius 3 is 2.76 bits per heavy atom.